The van der Waals surface area contributed by atoms with Gasteiger partial charge in [-0.3, -0.25) is 4.98 Å². The van der Waals surface area contributed by atoms with E-state index in [4.69, 9.17) is 14.6 Å². The Morgan fingerprint density at radius 1 is 1.10 bits per heavy atom. The first-order chi connectivity index (χ1) is 9.84. The van der Waals surface area contributed by atoms with Gasteiger partial charge in [0.25, 0.3) is 0 Å². The molecule has 0 aliphatic carbocycles. The average Bonchev–Trinajstić information content (AvgIpc) is 2.66. The summed E-state index contributed by atoms with van der Waals surface area (Å²) in [5, 5.41) is 9.94. The molecule has 1 saturated heterocycles. The van der Waals surface area contributed by atoms with Crippen molar-refractivity contribution in [2.24, 2.45) is 0 Å². The molecule has 0 N–H and O–H groups in total. The second kappa shape index (κ2) is 4.55. The summed E-state index contributed by atoms with van der Waals surface area (Å²) in [5.41, 5.74) is 1.57. The van der Waals surface area contributed by atoms with Crippen molar-refractivity contribution in [2.45, 2.75) is 38.9 Å². The van der Waals surface area contributed by atoms with Crippen molar-refractivity contribution in [1.82, 2.24) is 4.98 Å². The predicted molar refractivity (Wildman–Crippen MR) is 82.2 cm³/mol. The maximum absolute atomic E-state index is 8.99. The molecule has 0 bridgehead atoms. The zero-order valence-corrected chi connectivity index (χ0v) is 12.7. The summed E-state index contributed by atoms with van der Waals surface area (Å²) in [6.07, 6.45) is 1.73. The number of aromatic nitrogens is 1. The van der Waals surface area contributed by atoms with E-state index in [-0.39, 0.29) is 11.2 Å². The number of hydrogen-bond acceptors (Lipinski definition) is 4. The first kappa shape index (κ1) is 14.1. The highest BCUT2D eigenvalue weighted by Crippen LogP contribution is 2.36. The first-order valence-electron chi connectivity index (χ1n) is 6.98. The van der Waals surface area contributed by atoms with E-state index in [2.05, 4.69) is 11.1 Å². The lowest BCUT2D eigenvalue weighted by Crippen LogP contribution is -2.41. The Kier molecular flexibility index (Phi) is 3.05. The normalized spacial score (nSPS) is 19.7. The number of nitriles is 1. The number of benzene rings is 1. The summed E-state index contributed by atoms with van der Waals surface area (Å²) in [6.45, 7) is 8.13. The fourth-order valence-electron chi connectivity index (χ4n) is 2.42. The largest absolute Gasteiger partial charge is 0.495 e. The number of pyridine rings is 1. The van der Waals surface area contributed by atoms with E-state index >= 15 is 0 Å². The van der Waals surface area contributed by atoms with Crippen LogP contribution in [0.1, 0.15) is 33.3 Å². The van der Waals surface area contributed by atoms with Crippen molar-refractivity contribution in [1.29, 1.82) is 5.26 Å². The Balaban J connectivity index is 2.09. The van der Waals surface area contributed by atoms with Crippen LogP contribution in [0.25, 0.3) is 10.9 Å². The lowest BCUT2D eigenvalue weighted by atomic mass is 9.77. The van der Waals surface area contributed by atoms with Crippen LogP contribution < -0.4 is 5.46 Å². The van der Waals surface area contributed by atoms with Gasteiger partial charge in [-0.1, -0.05) is 6.07 Å². The fourth-order valence-corrected chi connectivity index (χ4v) is 2.42. The third-order valence-electron chi connectivity index (χ3n) is 4.41. The van der Waals surface area contributed by atoms with Crippen molar-refractivity contribution in [3.63, 3.8) is 0 Å². The maximum atomic E-state index is 8.99. The van der Waals surface area contributed by atoms with Gasteiger partial charge < -0.3 is 9.31 Å². The highest BCUT2D eigenvalue weighted by Gasteiger charge is 2.52. The molecule has 0 saturated carbocycles. The summed E-state index contributed by atoms with van der Waals surface area (Å²) >= 11 is 0. The molecular weight excluding hydrogens is 263 g/mol. The monoisotopic (exact) mass is 280 g/mol. The average molecular weight is 280 g/mol. The number of fused-ring (bicyclic) bond motifs is 1. The van der Waals surface area contributed by atoms with E-state index in [0.29, 0.717) is 5.56 Å². The molecule has 0 radical (unpaired) electrons. The lowest BCUT2D eigenvalue weighted by molar-refractivity contribution is 0.00578. The number of hydrogen-bond donors (Lipinski definition) is 0. The van der Waals surface area contributed by atoms with E-state index in [1.807, 2.05) is 39.8 Å². The lowest BCUT2D eigenvalue weighted by Gasteiger charge is -2.32. The van der Waals surface area contributed by atoms with E-state index in [9.17, 15) is 0 Å². The van der Waals surface area contributed by atoms with Crippen molar-refractivity contribution in [3.05, 3.63) is 36.0 Å². The van der Waals surface area contributed by atoms with Crippen LogP contribution in [0.2, 0.25) is 0 Å². The second-order valence-electron chi connectivity index (χ2n) is 6.33. The van der Waals surface area contributed by atoms with Crippen LogP contribution in [0, 0.1) is 11.3 Å². The summed E-state index contributed by atoms with van der Waals surface area (Å²) in [4.78, 5) is 4.33. The van der Waals surface area contributed by atoms with Crippen molar-refractivity contribution < 1.29 is 9.31 Å². The van der Waals surface area contributed by atoms with Gasteiger partial charge in [-0.2, -0.15) is 5.26 Å². The van der Waals surface area contributed by atoms with Crippen LogP contribution in [0.15, 0.2) is 30.5 Å². The Morgan fingerprint density at radius 3 is 2.38 bits per heavy atom. The van der Waals surface area contributed by atoms with Gasteiger partial charge in [0.2, 0.25) is 0 Å². The smallest absolute Gasteiger partial charge is 0.399 e. The highest BCUT2D eigenvalue weighted by atomic mass is 16.7. The molecule has 21 heavy (non-hydrogen) atoms. The van der Waals surface area contributed by atoms with E-state index in [1.165, 1.54) is 0 Å². The summed E-state index contributed by atoms with van der Waals surface area (Å²) in [7, 11) is -0.423. The fraction of sp³-hybridized carbons (Fsp3) is 0.375. The number of rotatable bonds is 1. The molecule has 106 valence electrons. The molecule has 1 aromatic heterocycles. The van der Waals surface area contributed by atoms with Crippen LogP contribution in [-0.2, 0) is 9.31 Å². The van der Waals surface area contributed by atoms with Crippen molar-refractivity contribution >= 4 is 23.5 Å². The molecule has 1 aliphatic rings. The van der Waals surface area contributed by atoms with E-state index in [0.717, 1.165) is 16.4 Å². The molecule has 2 aromatic rings. The number of nitrogens with zero attached hydrogens (tertiary/aromatic N) is 2. The van der Waals surface area contributed by atoms with Crippen molar-refractivity contribution in [3.8, 4) is 6.07 Å². The second-order valence-corrected chi connectivity index (χ2v) is 6.33. The van der Waals surface area contributed by atoms with Crippen LogP contribution in [-0.4, -0.2) is 23.3 Å². The quantitative estimate of drug-likeness (QED) is 0.753. The predicted octanol–water partition coefficient (Wildman–Crippen LogP) is 2.41. The summed E-state index contributed by atoms with van der Waals surface area (Å²) in [5.74, 6) is 0. The third-order valence-corrected chi connectivity index (χ3v) is 4.41. The van der Waals surface area contributed by atoms with Crippen LogP contribution in [0.4, 0.5) is 0 Å². The minimum Gasteiger partial charge on any atom is -0.399 e. The molecule has 0 atom stereocenters. The van der Waals surface area contributed by atoms with Gasteiger partial charge in [0.15, 0.2) is 0 Å². The molecule has 1 aliphatic heterocycles. The molecule has 0 amide bonds. The van der Waals surface area contributed by atoms with Crippen molar-refractivity contribution in [2.75, 3.05) is 0 Å². The van der Waals surface area contributed by atoms with Gasteiger partial charge in [0, 0.05) is 11.6 Å². The Bertz CT molecular complexity index is 734. The Morgan fingerprint density at radius 2 is 1.76 bits per heavy atom. The highest BCUT2D eigenvalue weighted by molar-refractivity contribution is 6.65. The molecular formula is C16H17BN2O2. The summed E-state index contributed by atoms with van der Waals surface area (Å²) < 4.78 is 12.2. The molecule has 2 heterocycles. The molecule has 0 spiro atoms. The van der Waals surface area contributed by atoms with Crippen LogP contribution in [0.5, 0.6) is 0 Å². The van der Waals surface area contributed by atoms with Gasteiger partial charge >= 0.3 is 7.12 Å². The molecule has 1 aromatic carbocycles. The minimum atomic E-state index is -0.423. The van der Waals surface area contributed by atoms with Gasteiger partial charge in [0.05, 0.1) is 28.4 Å². The SMILES string of the molecule is CC1(C)OB(c2ccnc3cc(C#N)ccc23)OC1(C)C. The molecule has 0 unspecified atom stereocenters. The third kappa shape index (κ3) is 2.21. The van der Waals surface area contributed by atoms with Crippen LogP contribution in [0.3, 0.4) is 0 Å². The Labute approximate surface area is 124 Å². The first-order valence-corrected chi connectivity index (χ1v) is 6.98. The van der Waals surface area contributed by atoms with E-state index in [1.54, 1.807) is 18.3 Å². The zero-order chi connectivity index (χ0) is 15.3. The van der Waals surface area contributed by atoms with Gasteiger partial charge in [-0.15, -0.1) is 0 Å². The topological polar surface area (TPSA) is 55.1 Å². The van der Waals surface area contributed by atoms with Gasteiger partial charge in [-0.25, -0.2) is 0 Å². The maximum Gasteiger partial charge on any atom is 0.495 e. The van der Waals surface area contributed by atoms with E-state index < -0.39 is 7.12 Å². The molecule has 3 rings (SSSR count). The molecule has 5 heteroatoms. The molecule has 1 fully saturated rings. The van der Waals surface area contributed by atoms with Gasteiger partial charge in [-0.05, 0) is 51.4 Å². The minimum absolute atomic E-state index is 0.375. The standard InChI is InChI=1S/C16H17BN2O2/c1-15(2)16(3,4)21-17(20-15)13-7-8-19-14-9-11(10-18)5-6-12(13)14/h5-9H,1-4H3. The molecule has 4 nitrogen and oxygen atoms in total. The van der Waals surface area contributed by atoms with Crippen LogP contribution >= 0.6 is 0 Å². The van der Waals surface area contributed by atoms with Gasteiger partial charge in [0.1, 0.15) is 0 Å². The summed E-state index contributed by atoms with van der Waals surface area (Å²) in [6, 6.07) is 9.52. The zero-order valence-electron chi connectivity index (χ0n) is 12.7. The Hall–Kier alpha value is -1.90.